The molecule has 79 heavy (non-hydrogen) atoms. The number of hydrogen-bond donors (Lipinski definition) is 3. The number of guanidine groups is 2. The predicted octanol–water partition coefficient (Wildman–Crippen LogP) is 12.6. The summed E-state index contributed by atoms with van der Waals surface area (Å²) in [4.78, 5) is 20.2. The number of rotatable bonds is 7. The first kappa shape index (κ1) is 44.8. The van der Waals surface area contributed by atoms with Gasteiger partial charge in [-0.15, -0.1) is 0 Å². The van der Waals surface area contributed by atoms with Gasteiger partial charge in [0.05, 0.1) is 29.0 Å². The Labute approximate surface area is 455 Å². The van der Waals surface area contributed by atoms with Crippen molar-refractivity contribution in [3.63, 3.8) is 0 Å². The highest BCUT2D eigenvalue weighted by molar-refractivity contribution is 6.23. The maximum atomic E-state index is 14.7. The average molecular weight is 1020 g/mol. The van der Waals surface area contributed by atoms with Crippen LogP contribution < -0.4 is 36.0 Å². The second-order valence-corrected chi connectivity index (χ2v) is 20.8. The first-order chi connectivity index (χ1) is 39.0. The van der Waals surface area contributed by atoms with Crippen molar-refractivity contribution < 1.29 is 10.2 Å². The lowest BCUT2D eigenvalue weighted by molar-refractivity contribution is -0.332. The highest BCUT2D eigenvalue weighted by Crippen LogP contribution is 2.52. The molecule has 5 aliphatic carbocycles. The van der Waals surface area contributed by atoms with Crippen LogP contribution in [0.15, 0.2) is 308 Å². The summed E-state index contributed by atoms with van der Waals surface area (Å²) >= 11 is 0. The molecular formula is C69H46N8O2-2. The highest BCUT2D eigenvalue weighted by Gasteiger charge is 2.42. The minimum atomic E-state index is -0.449. The molecule has 10 nitrogen and oxygen atoms in total. The Hall–Kier alpha value is -10.5. The molecule has 3 heterocycles. The van der Waals surface area contributed by atoms with E-state index < -0.39 is 5.92 Å². The molecule has 0 radical (unpaired) electrons. The number of nitrogens with one attached hydrogen (secondary N) is 3. The number of nitrogens with zero attached hydrogens (tertiary/aromatic N) is 5. The summed E-state index contributed by atoms with van der Waals surface area (Å²) in [6.45, 7) is 0. The van der Waals surface area contributed by atoms with Crippen molar-refractivity contribution in [1.29, 1.82) is 0 Å². The van der Waals surface area contributed by atoms with Gasteiger partial charge in [-0.2, -0.15) is 0 Å². The van der Waals surface area contributed by atoms with Crippen molar-refractivity contribution >= 4 is 84.2 Å². The minimum absolute atomic E-state index is 0.188. The predicted molar refractivity (Wildman–Crippen MR) is 315 cm³/mol. The van der Waals surface area contributed by atoms with Crippen molar-refractivity contribution in [1.82, 2.24) is 10.6 Å². The summed E-state index contributed by atoms with van der Waals surface area (Å²) in [7, 11) is 0. The Morgan fingerprint density at radius 2 is 1.16 bits per heavy atom. The quantitative estimate of drug-likeness (QED) is 0.145. The van der Waals surface area contributed by atoms with Crippen LogP contribution in [0.3, 0.4) is 0 Å². The Bertz CT molecular complexity index is 4450. The van der Waals surface area contributed by atoms with Crippen LogP contribution in [-0.2, 0) is 0 Å². The van der Waals surface area contributed by atoms with Gasteiger partial charge in [0.2, 0.25) is 11.9 Å². The number of amidine groups is 1. The second kappa shape index (κ2) is 17.6. The topological polar surface area (TPSA) is 126 Å². The van der Waals surface area contributed by atoms with Crippen LogP contribution in [-0.4, -0.2) is 23.8 Å². The number of benzene rings is 8. The second-order valence-electron chi connectivity index (χ2n) is 20.8. The smallest absolute Gasteiger partial charge is 0.213 e. The van der Waals surface area contributed by atoms with Gasteiger partial charge in [0.15, 0.2) is 0 Å². The Morgan fingerprint density at radius 1 is 0.494 bits per heavy atom. The molecule has 0 fully saturated rings. The van der Waals surface area contributed by atoms with E-state index in [0.717, 1.165) is 94.9 Å². The van der Waals surface area contributed by atoms with Gasteiger partial charge < -0.3 is 26.2 Å². The van der Waals surface area contributed by atoms with Crippen molar-refractivity contribution in [2.75, 3.05) is 15.1 Å². The first-order valence-electron chi connectivity index (χ1n) is 26.7. The van der Waals surface area contributed by atoms with Gasteiger partial charge in [0.1, 0.15) is 5.84 Å². The Morgan fingerprint density at radius 3 is 1.89 bits per heavy atom. The van der Waals surface area contributed by atoms with Gasteiger partial charge in [-0.3, -0.25) is 9.80 Å². The van der Waals surface area contributed by atoms with Crippen LogP contribution in [0, 0.1) is 17.8 Å². The lowest BCUT2D eigenvalue weighted by Crippen LogP contribution is -2.48. The molecule has 4 atom stereocenters. The van der Waals surface area contributed by atoms with Crippen LogP contribution in [0.25, 0.3) is 32.3 Å². The third-order valence-corrected chi connectivity index (χ3v) is 16.4. The molecule has 0 saturated heterocycles. The molecule has 3 aliphatic heterocycles. The molecule has 376 valence electrons. The molecule has 0 spiro atoms. The Balaban J connectivity index is 0.691. The highest BCUT2D eigenvalue weighted by atomic mass is 16.3. The van der Waals surface area contributed by atoms with Crippen LogP contribution in [0.2, 0.25) is 0 Å². The standard InChI is InChI=1S/C69H48N8O2/c78-65-63(66(79)64(65)52-33-36-58-61-49(52)23-12-26-55(61)72-68(74-58)76(44-18-3-1-4-19-44)46-30-28-40-14-7-9-16-42(40)38-46)51-32-35-57-60-48(51)22-11-25-54(60)70-67(71-57)53-34-37-59-62-50(53)24-13-27-56(62)73-69(75-59)77(45-20-5-2-6-21-45)47-31-29-41-15-8-10-17-43(41)39-47/h1-39,48,51,55,61,78-79H,(H,70,71)(H,72,74)(H,73,75)/p-2. The molecule has 0 amide bonds. The molecule has 0 saturated carbocycles. The monoisotopic (exact) mass is 1020 g/mol. The molecule has 8 aliphatic rings. The number of allylic oxidation sites excluding steroid dienone is 12. The van der Waals surface area contributed by atoms with Gasteiger partial charge >= 0.3 is 0 Å². The number of anilines is 5. The third kappa shape index (κ3) is 7.07. The fraction of sp³-hybridized carbons (Fsp3) is 0.0580. The van der Waals surface area contributed by atoms with Crippen molar-refractivity contribution in [3.05, 3.63) is 299 Å². The van der Waals surface area contributed by atoms with Crippen LogP contribution in [0.5, 0.6) is 0 Å². The maximum absolute atomic E-state index is 14.7. The van der Waals surface area contributed by atoms with Crippen LogP contribution in [0.4, 0.5) is 34.1 Å². The maximum Gasteiger partial charge on any atom is 0.213 e. The van der Waals surface area contributed by atoms with E-state index in [1.54, 1.807) is 0 Å². The van der Waals surface area contributed by atoms with E-state index in [0.29, 0.717) is 28.9 Å². The Kier molecular flexibility index (Phi) is 9.96. The molecule has 8 aromatic carbocycles. The molecule has 3 N–H and O–H groups in total. The first-order valence-corrected chi connectivity index (χ1v) is 26.7. The van der Waals surface area contributed by atoms with Crippen molar-refractivity contribution in [3.8, 4) is 0 Å². The van der Waals surface area contributed by atoms with Gasteiger partial charge in [-0.1, -0.05) is 169 Å². The largest absolute Gasteiger partial charge is 0.872 e. The minimum Gasteiger partial charge on any atom is -0.872 e. The summed E-state index contributed by atoms with van der Waals surface area (Å²) < 4.78 is 0. The molecule has 10 heteroatoms. The van der Waals surface area contributed by atoms with E-state index in [1.165, 1.54) is 5.39 Å². The summed E-state index contributed by atoms with van der Waals surface area (Å²) in [6.07, 6.45) is 20.2. The molecule has 0 bridgehead atoms. The molecule has 4 unspecified atom stereocenters. The number of aliphatic imine (C=N–C) groups is 3. The fourth-order valence-corrected chi connectivity index (χ4v) is 12.8. The fourth-order valence-electron chi connectivity index (χ4n) is 12.8. The van der Waals surface area contributed by atoms with Gasteiger partial charge in [-0.05, 0) is 129 Å². The van der Waals surface area contributed by atoms with E-state index >= 15 is 0 Å². The van der Waals surface area contributed by atoms with E-state index in [1.807, 2.05) is 78.9 Å². The molecule has 0 aromatic heterocycles. The number of fused-ring (bicyclic) bond motifs is 2. The normalized spacial score (nSPS) is 21.0. The zero-order valence-corrected chi connectivity index (χ0v) is 42.4. The summed E-state index contributed by atoms with van der Waals surface area (Å²) in [5.41, 5.74) is 12.4. The molecular weight excluding hydrogens is 973 g/mol. The summed E-state index contributed by atoms with van der Waals surface area (Å²) in [5.74, 6) is 0.796. The van der Waals surface area contributed by atoms with Gasteiger partial charge in [0.25, 0.3) is 0 Å². The molecule has 16 rings (SSSR count). The third-order valence-electron chi connectivity index (χ3n) is 16.4. The van der Waals surface area contributed by atoms with Gasteiger partial charge in [-0.25, -0.2) is 15.0 Å². The van der Waals surface area contributed by atoms with Crippen molar-refractivity contribution in [2.24, 2.45) is 32.7 Å². The average Bonchev–Trinajstić information content (AvgIpc) is 3.51. The van der Waals surface area contributed by atoms with E-state index in [2.05, 4.69) is 184 Å². The lowest BCUT2D eigenvalue weighted by Gasteiger charge is -2.48. The van der Waals surface area contributed by atoms with E-state index in [4.69, 9.17) is 15.0 Å². The SMILES string of the molecule is [O-]C1=C(C2=CC=C3NC(N(c4ccccc4)c4ccc5ccccc5c4)=NC4C=CC=C2C34)C([O-])=C1C1C=CC2=C3C(=CC=CC31)NC(c1ccc3c4c(cccc14)N=C(N(c1ccccc1)c1ccc4ccccc4c1)N3)=N2. The molecule has 8 aromatic rings. The number of hydrogen-bond acceptors (Lipinski definition) is 10. The van der Waals surface area contributed by atoms with E-state index in [9.17, 15) is 10.2 Å². The summed E-state index contributed by atoms with van der Waals surface area (Å²) in [5, 5.41) is 47.0. The van der Waals surface area contributed by atoms with Crippen LogP contribution >= 0.6 is 0 Å². The lowest BCUT2D eigenvalue weighted by atomic mass is 9.67. The van der Waals surface area contributed by atoms with Crippen LogP contribution in [0.1, 0.15) is 5.56 Å². The van der Waals surface area contributed by atoms with Crippen molar-refractivity contribution in [2.45, 2.75) is 6.04 Å². The van der Waals surface area contributed by atoms with Gasteiger partial charge in [0, 0.05) is 62.5 Å². The van der Waals surface area contributed by atoms with E-state index in [-0.39, 0.29) is 35.0 Å². The summed E-state index contributed by atoms with van der Waals surface area (Å²) in [6, 6.07) is 60.4. The number of para-hydroxylation sites is 2. The zero-order valence-electron chi connectivity index (χ0n) is 42.4. The zero-order chi connectivity index (χ0) is 52.3.